The lowest BCUT2D eigenvalue weighted by atomic mass is 9.96. The average Bonchev–Trinajstić information content (AvgIpc) is 2.81. The maximum Gasteiger partial charge on any atom is 0.0492 e. The first-order valence-corrected chi connectivity index (χ1v) is 7.57. The van der Waals surface area contributed by atoms with E-state index in [4.69, 9.17) is 0 Å². The van der Waals surface area contributed by atoms with Crippen molar-refractivity contribution in [3.8, 4) is 0 Å². The Balaban J connectivity index is 1.65. The van der Waals surface area contributed by atoms with Crippen LogP contribution in [0.1, 0.15) is 32.4 Å². The number of aryl methyl sites for hydroxylation is 1. The van der Waals surface area contributed by atoms with E-state index in [9.17, 15) is 0 Å². The van der Waals surface area contributed by atoms with Crippen LogP contribution in [-0.2, 0) is 13.5 Å². The van der Waals surface area contributed by atoms with Crippen LogP contribution in [0.4, 0.5) is 0 Å². The Morgan fingerprint density at radius 2 is 2.11 bits per heavy atom. The van der Waals surface area contributed by atoms with Gasteiger partial charge in [-0.25, -0.2) is 0 Å². The van der Waals surface area contributed by atoms with Gasteiger partial charge in [0.25, 0.3) is 0 Å². The number of hydrogen-bond acceptors (Lipinski definition) is 3. The molecule has 108 valence electrons. The molecule has 0 saturated carbocycles. The Kier molecular flexibility index (Phi) is 5.40. The standard InChI is InChI=1S/C15H28N4/c1-13(2)16-12-14-5-9-19(10-6-14)11-7-15-4-8-17-18(15)3/h4,8,13-14,16H,5-7,9-12H2,1-3H3. The lowest BCUT2D eigenvalue weighted by Crippen LogP contribution is -2.39. The minimum Gasteiger partial charge on any atom is -0.314 e. The molecule has 2 rings (SSSR count). The summed E-state index contributed by atoms with van der Waals surface area (Å²) in [6.07, 6.45) is 5.68. The molecule has 0 unspecified atom stereocenters. The van der Waals surface area contributed by atoms with Gasteiger partial charge in [-0.2, -0.15) is 5.10 Å². The molecule has 1 aromatic heterocycles. The van der Waals surface area contributed by atoms with Crippen molar-refractivity contribution in [3.05, 3.63) is 18.0 Å². The van der Waals surface area contributed by atoms with Gasteiger partial charge in [-0.15, -0.1) is 0 Å². The van der Waals surface area contributed by atoms with Gasteiger partial charge in [-0.05, 0) is 44.5 Å². The SMILES string of the molecule is CC(C)NCC1CCN(CCc2ccnn2C)CC1. The minimum atomic E-state index is 0.614. The molecule has 0 aromatic carbocycles. The number of likely N-dealkylation sites (tertiary alicyclic amines) is 1. The van der Waals surface area contributed by atoms with Crippen molar-refractivity contribution in [2.45, 2.75) is 39.2 Å². The molecule has 0 bridgehead atoms. The molecule has 1 saturated heterocycles. The van der Waals surface area contributed by atoms with Gasteiger partial charge in [0.05, 0.1) is 0 Å². The maximum atomic E-state index is 4.22. The third-order valence-electron chi connectivity index (χ3n) is 4.13. The number of rotatable bonds is 6. The van der Waals surface area contributed by atoms with Crippen molar-refractivity contribution in [2.24, 2.45) is 13.0 Å². The second kappa shape index (κ2) is 7.06. The highest BCUT2D eigenvalue weighted by Gasteiger charge is 2.19. The molecule has 1 N–H and O–H groups in total. The zero-order chi connectivity index (χ0) is 13.7. The highest BCUT2D eigenvalue weighted by Crippen LogP contribution is 2.16. The topological polar surface area (TPSA) is 33.1 Å². The first kappa shape index (κ1) is 14.5. The lowest BCUT2D eigenvalue weighted by molar-refractivity contribution is 0.182. The molecule has 0 atom stereocenters. The summed E-state index contributed by atoms with van der Waals surface area (Å²) < 4.78 is 1.99. The first-order valence-electron chi connectivity index (χ1n) is 7.57. The lowest BCUT2D eigenvalue weighted by Gasteiger charge is -2.32. The van der Waals surface area contributed by atoms with E-state index in [1.807, 2.05) is 17.9 Å². The van der Waals surface area contributed by atoms with Crippen LogP contribution in [-0.4, -0.2) is 46.9 Å². The van der Waals surface area contributed by atoms with Crippen LogP contribution in [0.5, 0.6) is 0 Å². The Morgan fingerprint density at radius 1 is 1.37 bits per heavy atom. The number of aromatic nitrogens is 2. The van der Waals surface area contributed by atoms with Gasteiger partial charge >= 0.3 is 0 Å². The van der Waals surface area contributed by atoms with Crippen LogP contribution in [0.2, 0.25) is 0 Å². The molecule has 4 nitrogen and oxygen atoms in total. The maximum absolute atomic E-state index is 4.22. The number of hydrogen-bond donors (Lipinski definition) is 1. The van der Waals surface area contributed by atoms with E-state index in [1.54, 1.807) is 0 Å². The summed E-state index contributed by atoms with van der Waals surface area (Å²) in [5.41, 5.74) is 1.34. The molecule has 19 heavy (non-hydrogen) atoms. The quantitative estimate of drug-likeness (QED) is 0.848. The van der Waals surface area contributed by atoms with Crippen molar-refractivity contribution in [1.29, 1.82) is 0 Å². The number of nitrogens with one attached hydrogen (secondary N) is 1. The Bertz CT molecular complexity index is 364. The summed E-state index contributed by atoms with van der Waals surface area (Å²) >= 11 is 0. The fourth-order valence-electron chi connectivity index (χ4n) is 2.74. The van der Waals surface area contributed by atoms with Gasteiger partial charge in [0, 0.05) is 37.9 Å². The van der Waals surface area contributed by atoms with E-state index in [0.717, 1.165) is 12.3 Å². The fraction of sp³-hybridized carbons (Fsp3) is 0.800. The van der Waals surface area contributed by atoms with Gasteiger partial charge in [0.2, 0.25) is 0 Å². The zero-order valence-electron chi connectivity index (χ0n) is 12.6. The number of nitrogens with zero attached hydrogens (tertiary/aromatic N) is 3. The van der Waals surface area contributed by atoms with Crippen LogP contribution in [0.25, 0.3) is 0 Å². The molecule has 0 radical (unpaired) electrons. The summed E-state index contributed by atoms with van der Waals surface area (Å²) in [5.74, 6) is 0.871. The molecule has 0 spiro atoms. The molecule has 1 aliphatic rings. The largest absolute Gasteiger partial charge is 0.314 e. The second-order valence-electron chi connectivity index (χ2n) is 6.04. The van der Waals surface area contributed by atoms with Crippen LogP contribution in [0, 0.1) is 5.92 Å². The van der Waals surface area contributed by atoms with E-state index in [0.29, 0.717) is 6.04 Å². The Hall–Kier alpha value is -0.870. The zero-order valence-corrected chi connectivity index (χ0v) is 12.6. The number of piperidine rings is 1. The normalized spacial score (nSPS) is 18.3. The van der Waals surface area contributed by atoms with E-state index in [-0.39, 0.29) is 0 Å². The van der Waals surface area contributed by atoms with E-state index in [1.165, 1.54) is 44.7 Å². The minimum absolute atomic E-state index is 0.614. The summed E-state index contributed by atoms with van der Waals surface area (Å²) in [7, 11) is 2.03. The third kappa shape index (κ3) is 4.62. The van der Waals surface area contributed by atoms with Crippen LogP contribution in [0.15, 0.2) is 12.3 Å². The molecule has 1 aliphatic heterocycles. The second-order valence-corrected chi connectivity index (χ2v) is 6.04. The van der Waals surface area contributed by atoms with Gasteiger partial charge in [0.15, 0.2) is 0 Å². The fourth-order valence-corrected chi connectivity index (χ4v) is 2.74. The van der Waals surface area contributed by atoms with Crippen LogP contribution in [0.3, 0.4) is 0 Å². The highest BCUT2D eigenvalue weighted by atomic mass is 15.3. The molecule has 4 heteroatoms. The summed E-state index contributed by atoms with van der Waals surface area (Å²) in [6.45, 7) is 9.31. The van der Waals surface area contributed by atoms with E-state index >= 15 is 0 Å². The molecule has 0 amide bonds. The van der Waals surface area contributed by atoms with E-state index in [2.05, 4.69) is 35.2 Å². The summed E-state index contributed by atoms with van der Waals surface area (Å²) in [4.78, 5) is 2.60. The predicted molar refractivity (Wildman–Crippen MR) is 79.2 cm³/mol. The molecule has 1 fully saturated rings. The van der Waals surface area contributed by atoms with Crippen molar-refractivity contribution in [1.82, 2.24) is 20.0 Å². The van der Waals surface area contributed by atoms with Crippen molar-refractivity contribution >= 4 is 0 Å². The Labute approximate surface area is 117 Å². The van der Waals surface area contributed by atoms with Gasteiger partial charge in [-0.1, -0.05) is 13.8 Å². The van der Waals surface area contributed by atoms with Crippen molar-refractivity contribution in [2.75, 3.05) is 26.2 Å². The average molecular weight is 264 g/mol. The highest BCUT2D eigenvalue weighted by molar-refractivity contribution is 5.00. The molecular weight excluding hydrogens is 236 g/mol. The van der Waals surface area contributed by atoms with Crippen molar-refractivity contribution < 1.29 is 0 Å². The van der Waals surface area contributed by atoms with Crippen LogP contribution < -0.4 is 5.32 Å². The molecule has 2 heterocycles. The monoisotopic (exact) mass is 264 g/mol. The van der Waals surface area contributed by atoms with Gasteiger partial charge in [-0.3, -0.25) is 4.68 Å². The predicted octanol–water partition coefficient (Wildman–Crippen LogP) is 1.67. The van der Waals surface area contributed by atoms with Gasteiger partial charge < -0.3 is 10.2 Å². The smallest absolute Gasteiger partial charge is 0.0492 e. The molecular formula is C15H28N4. The first-order chi connectivity index (χ1) is 9.15. The van der Waals surface area contributed by atoms with E-state index < -0.39 is 0 Å². The van der Waals surface area contributed by atoms with Gasteiger partial charge in [0.1, 0.15) is 0 Å². The van der Waals surface area contributed by atoms with Crippen LogP contribution >= 0.6 is 0 Å². The van der Waals surface area contributed by atoms with Crippen molar-refractivity contribution in [3.63, 3.8) is 0 Å². The Morgan fingerprint density at radius 3 is 2.68 bits per heavy atom. The molecule has 0 aliphatic carbocycles. The molecule has 1 aromatic rings. The third-order valence-corrected chi connectivity index (χ3v) is 4.13. The summed E-state index contributed by atoms with van der Waals surface area (Å²) in [5, 5.41) is 7.78. The summed E-state index contributed by atoms with van der Waals surface area (Å²) in [6, 6.07) is 2.74.